The van der Waals surface area contributed by atoms with Crippen molar-refractivity contribution in [1.29, 1.82) is 0 Å². The van der Waals surface area contributed by atoms with Gasteiger partial charge in [-0.2, -0.15) is 0 Å². The highest BCUT2D eigenvalue weighted by Crippen LogP contribution is 2.31. The molecule has 0 saturated carbocycles. The Bertz CT molecular complexity index is 399. The summed E-state index contributed by atoms with van der Waals surface area (Å²) in [6.45, 7) is 6.64. The molecule has 1 aliphatic rings. The molecule has 2 rings (SSSR count). The smallest absolute Gasteiger partial charge is 0.0784 e. The molecule has 3 atom stereocenters. The monoisotopic (exact) mass is 262 g/mol. The van der Waals surface area contributed by atoms with Crippen LogP contribution in [0, 0.1) is 0 Å². The summed E-state index contributed by atoms with van der Waals surface area (Å²) in [4.78, 5) is 1.33. The molecule has 0 aromatic heterocycles. The third kappa shape index (κ3) is 3.39. The molecule has 0 amide bonds. The van der Waals surface area contributed by atoms with Gasteiger partial charge in [0.2, 0.25) is 0 Å². The van der Waals surface area contributed by atoms with Crippen molar-refractivity contribution in [2.24, 2.45) is 0 Å². The van der Waals surface area contributed by atoms with Crippen LogP contribution in [0.4, 0.5) is 0 Å². The highest BCUT2D eigenvalue weighted by molar-refractivity contribution is 8.00. The van der Waals surface area contributed by atoms with E-state index in [0.717, 1.165) is 12.8 Å². The number of rotatable bonds is 4. The Hall–Kier alpha value is -0.730. The average Bonchev–Trinajstić information content (AvgIpc) is 2.40. The van der Waals surface area contributed by atoms with E-state index in [1.165, 1.54) is 10.5 Å². The van der Waals surface area contributed by atoms with E-state index in [0.29, 0.717) is 17.5 Å². The zero-order valence-corrected chi connectivity index (χ0v) is 12.2. The van der Waals surface area contributed by atoms with Gasteiger partial charge >= 0.3 is 0 Å². The predicted molar refractivity (Wildman–Crippen MR) is 79.1 cm³/mol. The van der Waals surface area contributed by atoms with Gasteiger partial charge in [0.25, 0.3) is 0 Å². The van der Waals surface area contributed by atoms with Gasteiger partial charge in [-0.25, -0.2) is 0 Å². The maximum Gasteiger partial charge on any atom is 0.0784 e. The van der Waals surface area contributed by atoms with E-state index >= 15 is 0 Å². The van der Waals surface area contributed by atoms with Crippen molar-refractivity contribution in [2.75, 3.05) is 0 Å². The van der Waals surface area contributed by atoms with Crippen molar-refractivity contribution < 1.29 is 4.74 Å². The summed E-state index contributed by atoms with van der Waals surface area (Å²) in [5.74, 6) is 0. The van der Waals surface area contributed by atoms with Crippen LogP contribution in [0.3, 0.4) is 0 Å². The van der Waals surface area contributed by atoms with Crippen LogP contribution in [-0.2, 0) is 4.74 Å². The maximum absolute atomic E-state index is 6.19. The largest absolute Gasteiger partial charge is 0.369 e. The van der Waals surface area contributed by atoms with Crippen molar-refractivity contribution in [2.45, 2.75) is 56.0 Å². The summed E-state index contributed by atoms with van der Waals surface area (Å²) in [6.07, 6.45) is 5.13. The highest BCUT2D eigenvalue weighted by atomic mass is 32.2. The molecule has 0 bridgehead atoms. The van der Waals surface area contributed by atoms with Gasteiger partial charge in [0.05, 0.1) is 12.2 Å². The molecule has 0 aliphatic carbocycles. The second-order valence-electron chi connectivity index (χ2n) is 4.89. The summed E-state index contributed by atoms with van der Waals surface area (Å²) in [7, 11) is 0. The molecule has 98 valence electrons. The zero-order chi connectivity index (χ0) is 13.0. The van der Waals surface area contributed by atoms with Crippen LogP contribution in [0.15, 0.2) is 46.9 Å². The second-order valence-corrected chi connectivity index (χ2v) is 6.34. The first-order valence-corrected chi connectivity index (χ1v) is 7.62. The minimum absolute atomic E-state index is 0.322. The number of thioether (sulfide) groups is 1. The van der Waals surface area contributed by atoms with Gasteiger partial charge < -0.3 is 4.74 Å². The fraction of sp³-hybridized carbons (Fsp3) is 0.500. The molecule has 1 unspecified atom stereocenters. The van der Waals surface area contributed by atoms with Crippen LogP contribution in [0.2, 0.25) is 0 Å². The summed E-state index contributed by atoms with van der Waals surface area (Å²) in [6, 6.07) is 10.6. The Labute approximate surface area is 115 Å². The van der Waals surface area contributed by atoms with Crippen LogP contribution >= 0.6 is 11.8 Å². The van der Waals surface area contributed by atoms with Crippen molar-refractivity contribution in [3.05, 3.63) is 42.0 Å². The highest BCUT2D eigenvalue weighted by Gasteiger charge is 2.26. The number of hydrogen-bond donors (Lipinski definition) is 0. The fourth-order valence-corrected chi connectivity index (χ4v) is 3.39. The molecule has 0 fully saturated rings. The molecule has 1 aromatic carbocycles. The van der Waals surface area contributed by atoms with Crippen molar-refractivity contribution in [1.82, 2.24) is 0 Å². The Morgan fingerprint density at radius 3 is 2.72 bits per heavy atom. The van der Waals surface area contributed by atoms with Crippen molar-refractivity contribution in [3.63, 3.8) is 0 Å². The molecule has 0 spiro atoms. The lowest BCUT2D eigenvalue weighted by Crippen LogP contribution is -2.32. The molecule has 1 nitrogen and oxygen atoms in total. The standard InChI is InChI=1S/C16H22OS/c1-4-15-12(2)10-11-16(17-15)13(3)18-14-8-6-5-7-9-14/h5-10,13,15-16H,4,11H2,1-3H3/t13?,15-,16-/m1/s1. The van der Waals surface area contributed by atoms with Crippen LogP contribution in [0.1, 0.15) is 33.6 Å². The van der Waals surface area contributed by atoms with E-state index in [9.17, 15) is 0 Å². The number of hydrogen-bond acceptors (Lipinski definition) is 2. The quantitative estimate of drug-likeness (QED) is 0.575. The maximum atomic E-state index is 6.19. The summed E-state index contributed by atoms with van der Waals surface area (Å²) in [5.41, 5.74) is 1.39. The van der Waals surface area contributed by atoms with E-state index < -0.39 is 0 Å². The lowest BCUT2D eigenvalue weighted by atomic mass is 10.0. The molecule has 18 heavy (non-hydrogen) atoms. The van der Waals surface area contributed by atoms with E-state index in [-0.39, 0.29) is 0 Å². The first-order chi connectivity index (χ1) is 8.70. The predicted octanol–water partition coefficient (Wildman–Crippen LogP) is 4.68. The molecule has 2 heteroatoms. The lowest BCUT2D eigenvalue weighted by Gasteiger charge is -2.32. The topological polar surface area (TPSA) is 9.23 Å². The van der Waals surface area contributed by atoms with Crippen molar-refractivity contribution in [3.8, 4) is 0 Å². The van der Waals surface area contributed by atoms with Gasteiger partial charge in [0.15, 0.2) is 0 Å². The third-order valence-electron chi connectivity index (χ3n) is 3.48. The van der Waals surface area contributed by atoms with Gasteiger partial charge in [-0.3, -0.25) is 0 Å². The van der Waals surface area contributed by atoms with E-state index in [2.05, 4.69) is 57.2 Å². The van der Waals surface area contributed by atoms with Gasteiger partial charge in [-0.15, -0.1) is 11.8 Å². The second kappa shape index (κ2) is 6.44. The van der Waals surface area contributed by atoms with Crippen LogP contribution in [0.5, 0.6) is 0 Å². The van der Waals surface area contributed by atoms with Crippen LogP contribution in [-0.4, -0.2) is 17.5 Å². The van der Waals surface area contributed by atoms with Gasteiger partial charge in [0.1, 0.15) is 0 Å². The van der Waals surface area contributed by atoms with Gasteiger partial charge in [0, 0.05) is 10.1 Å². The number of ether oxygens (including phenoxy) is 1. The Kier molecular flexibility index (Phi) is 4.90. The molecule has 1 aromatic rings. The average molecular weight is 262 g/mol. The molecule has 0 saturated heterocycles. The third-order valence-corrected chi connectivity index (χ3v) is 4.70. The SMILES string of the molecule is CC[C@H]1O[C@@H](C(C)Sc2ccccc2)CC=C1C. The Morgan fingerprint density at radius 2 is 2.06 bits per heavy atom. The Balaban J connectivity index is 1.96. The molecular weight excluding hydrogens is 240 g/mol. The molecule has 0 radical (unpaired) electrons. The number of benzene rings is 1. The van der Waals surface area contributed by atoms with E-state index in [4.69, 9.17) is 4.74 Å². The summed E-state index contributed by atoms with van der Waals surface area (Å²) >= 11 is 1.91. The van der Waals surface area contributed by atoms with Crippen LogP contribution < -0.4 is 0 Å². The summed E-state index contributed by atoms with van der Waals surface area (Å²) in [5, 5.41) is 0.491. The molecular formula is C16H22OS. The van der Waals surface area contributed by atoms with Gasteiger partial charge in [-0.1, -0.05) is 38.1 Å². The molecule has 0 N–H and O–H groups in total. The van der Waals surface area contributed by atoms with Crippen molar-refractivity contribution >= 4 is 11.8 Å². The summed E-state index contributed by atoms with van der Waals surface area (Å²) < 4.78 is 6.19. The normalized spacial score (nSPS) is 25.6. The zero-order valence-electron chi connectivity index (χ0n) is 11.4. The molecule has 1 aliphatic heterocycles. The van der Waals surface area contributed by atoms with E-state index in [1.807, 2.05) is 11.8 Å². The Morgan fingerprint density at radius 1 is 1.33 bits per heavy atom. The minimum atomic E-state index is 0.322. The first-order valence-electron chi connectivity index (χ1n) is 6.74. The fourth-order valence-electron chi connectivity index (χ4n) is 2.32. The molecule has 1 heterocycles. The lowest BCUT2D eigenvalue weighted by molar-refractivity contribution is -0.000982. The minimum Gasteiger partial charge on any atom is -0.369 e. The van der Waals surface area contributed by atoms with Gasteiger partial charge in [-0.05, 0) is 37.5 Å². The van der Waals surface area contributed by atoms with Crippen LogP contribution in [0.25, 0.3) is 0 Å². The first kappa shape index (κ1) is 13.7. The van der Waals surface area contributed by atoms with E-state index in [1.54, 1.807) is 0 Å².